The molecular weight excluding hydrogens is 184 g/mol. The monoisotopic (exact) mass is 194 g/mol. The smallest absolute Gasteiger partial charge is 0.285 e. The second-order valence-corrected chi connectivity index (χ2v) is 3.03. The Kier molecular flexibility index (Phi) is 2.28. The first-order valence-corrected chi connectivity index (χ1v) is 4.29. The molecule has 0 unspecified atom stereocenters. The number of rotatable bonds is 3. The molecule has 1 aromatic heterocycles. The van der Waals surface area contributed by atoms with Crippen LogP contribution >= 0.6 is 0 Å². The third-order valence-electron chi connectivity index (χ3n) is 1.80. The fourth-order valence-corrected chi connectivity index (χ4v) is 0.925. The largest absolute Gasteiger partial charge is 0.473 e. The summed E-state index contributed by atoms with van der Waals surface area (Å²) in [6.45, 7) is 0. The van der Waals surface area contributed by atoms with E-state index < -0.39 is 5.91 Å². The van der Waals surface area contributed by atoms with Gasteiger partial charge in [-0.3, -0.25) is 10.2 Å². The minimum Gasteiger partial charge on any atom is -0.473 e. The topological polar surface area (TPSA) is 90.1 Å². The molecule has 1 saturated carbocycles. The van der Waals surface area contributed by atoms with Gasteiger partial charge in [-0.2, -0.15) is 0 Å². The van der Waals surface area contributed by atoms with Gasteiger partial charge in [-0.15, -0.1) is 0 Å². The van der Waals surface area contributed by atoms with Crippen molar-refractivity contribution in [2.75, 3.05) is 0 Å². The number of nitrogen functional groups attached to an aromatic ring is 1. The van der Waals surface area contributed by atoms with E-state index in [0.717, 1.165) is 12.8 Å². The van der Waals surface area contributed by atoms with E-state index in [9.17, 15) is 4.79 Å². The molecule has 0 atom stereocenters. The van der Waals surface area contributed by atoms with Gasteiger partial charge in [0.25, 0.3) is 5.91 Å². The molecule has 0 radical (unpaired) electrons. The summed E-state index contributed by atoms with van der Waals surface area (Å²) in [7, 11) is 0. The molecule has 14 heavy (non-hydrogen) atoms. The Morgan fingerprint density at radius 2 is 2.29 bits per heavy atom. The average molecular weight is 194 g/mol. The Balaban J connectivity index is 2.04. The molecule has 1 aromatic rings. The minimum absolute atomic E-state index is 0.177. The lowest BCUT2D eigenvalue weighted by atomic mass is 10.4. The van der Waals surface area contributed by atoms with Crippen molar-refractivity contribution in [1.29, 1.82) is 0 Å². The lowest BCUT2D eigenvalue weighted by Crippen LogP contribution is -2.30. The van der Waals surface area contributed by atoms with Crippen LogP contribution in [0.25, 0.3) is 0 Å². The number of hydrogen-bond acceptors (Lipinski definition) is 5. The molecule has 74 valence electrons. The lowest BCUT2D eigenvalue weighted by molar-refractivity contribution is 0.0948. The van der Waals surface area contributed by atoms with Crippen LogP contribution in [-0.2, 0) is 0 Å². The van der Waals surface area contributed by atoms with Gasteiger partial charge < -0.3 is 4.74 Å². The van der Waals surface area contributed by atoms with Crippen molar-refractivity contribution in [3.05, 3.63) is 18.1 Å². The van der Waals surface area contributed by atoms with E-state index in [-0.39, 0.29) is 11.8 Å². The molecule has 0 spiro atoms. The summed E-state index contributed by atoms with van der Waals surface area (Å²) in [6.07, 6.45) is 5.15. The van der Waals surface area contributed by atoms with Crippen molar-refractivity contribution < 1.29 is 9.53 Å². The van der Waals surface area contributed by atoms with Crippen LogP contribution < -0.4 is 16.0 Å². The summed E-state index contributed by atoms with van der Waals surface area (Å²) in [4.78, 5) is 18.8. The zero-order valence-electron chi connectivity index (χ0n) is 7.43. The number of hydrogen-bond donors (Lipinski definition) is 2. The molecule has 2 rings (SSSR count). The normalized spacial score (nSPS) is 14.9. The molecule has 0 bridgehead atoms. The Morgan fingerprint density at radius 1 is 1.50 bits per heavy atom. The van der Waals surface area contributed by atoms with E-state index in [4.69, 9.17) is 10.6 Å². The maximum atomic E-state index is 11.0. The summed E-state index contributed by atoms with van der Waals surface area (Å²) in [5.74, 6) is 4.92. The van der Waals surface area contributed by atoms with Crippen LogP contribution in [0.5, 0.6) is 5.88 Å². The van der Waals surface area contributed by atoms with Gasteiger partial charge >= 0.3 is 0 Å². The van der Waals surface area contributed by atoms with Gasteiger partial charge in [0, 0.05) is 0 Å². The van der Waals surface area contributed by atoms with Crippen molar-refractivity contribution in [1.82, 2.24) is 15.4 Å². The van der Waals surface area contributed by atoms with E-state index in [2.05, 4.69) is 9.97 Å². The SMILES string of the molecule is NNC(=O)c1cnc(OC2CC2)cn1. The number of nitrogens with zero attached hydrogens (tertiary/aromatic N) is 2. The van der Waals surface area contributed by atoms with Gasteiger partial charge in [0.1, 0.15) is 11.8 Å². The summed E-state index contributed by atoms with van der Waals surface area (Å²) in [6, 6.07) is 0. The van der Waals surface area contributed by atoms with Crippen LogP contribution in [0.3, 0.4) is 0 Å². The Hall–Kier alpha value is -1.69. The molecule has 1 aliphatic carbocycles. The fourth-order valence-electron chi connectivity index (χ4n) is 0.925. The minimum atomic E-state index is -0.463. The van der Waals surface area contributed by atoms with E-state index in [1.54, 1.807) is 0 Å². The molecule has 1 aliphatic rings. The van der Waals surface area contributed by atoms with E-state index in [0.29, 0.717) is 5.88 Å². The Bertz CT molecular complexity index is 334. The number of aromatic nitrogens is 2. The standard InChI is InChI=1S/C8H10N4O2/c9-12-8(13)6-3-11-7(4-10-6)14-5-1-2-5/h3-5H,1-2,9H2,(H,12,13). The Labute approximate surface area is 80.5 Å². The van der Waals surface area contributed by atoms with Crippen molar-refractivity contribution in [3.63, 3.8) is 0 Å². The number of hydrazine groups is 1. The van der Waals surface area contributed by atoms with Crippen molar-refractivity contribution in [3.8, 4) is 5.88 Å². The molecule has 1 fully saturated rings. The highest BCUT2D eigenvalue weighted by atomic mass is 16.5. The van der Waals surface area contributed by atoms with E-state index >= 15 is 0 Å². The van der Waals surface area contributed by atoms with Crippen LogP contribution in [0.4, 0.5) is 0 Å². The zero-order valence-corrected chi connectivity index (χ0v) is 7.43. The third-order valence-corrected chi connectivity index (χ3v) is 1.80. The number of carbonyl (C=O) groups excluding carboxylic acids is 1. The van der Waals surface area contributed by atoms with Crippen LogP contribution in [-0.4, -0.2) is 22.0 Å². The van der Waals surface area contributed by atoms with Crippen molar-refractivity contribution in [2.24, 2.45) is 5.84 Å². The highest BCUT2D eigenvalue weighted by Gasteiger charge is 2.24. The maximum Gasteiger partial charge on any atom is 0.285 e. The van der Waals surface area contributed by atoms with Crippen LogP contribution in [0.15, 0.2) is 12.4 Å². The van der Waals surface area contributed by atoms with Gasteiger partial charge in [0.15, 0.2) is 0 Å². The molecule has 6 heteroatoms. The number of nitrogens with two attached hydrogens (primary N) is 1. The van der Waals surface area contributed by atoms with E-state index in [1.165, 1.54) is 12.4 Å². The predicted octanol–water partition coefficient (Wildman–Crippen LogP) is -0.379. The first-order chi connectivity index (χ1) is 6.79. The van der Waals surface area contributed by atoms with Crippen molar-refractivity contribution >= 4 is 5.91 Å². The number of amides is 1. The molecule has 0 aliphatic heterocycles. The lowest BCUT2D eigenvalue weighted by Gasteiger charge is -2.02. The molecular formula is C8H10N4O2. The van der Waals surface area contributed by atoms with Gasteiger partial charge in [-0.05, 0) is 12.8 Å². The predicted molar refractivity (Wildman–Crippen MR) is 47.3 cm³/mol. The van der Waals surface area contributed by atoms with Gasteiger partial charge in [0.2, 0.25) is 5.88 Å². The highest BCUT2D eigenvalue weighted by Crippen LogP contribution is 2.24. The first kappa shape index (κ1) is 8.89. The number of nitrogens with one attached hydrogen (secondary N) is 1. The summed E-state index contributed by atoms with van der Waals surface area (Å²) in [5, 5.41) is 0. The second kappa shape index (κ2) is 3.59. The number of ether oxygens (including phenoxy) is 1. The average Bonchev–Trinajstić information content (AvgIpc) is 3.02. The Morgan fingerprint density at radius 3 is 2.79 bits per heavy atom. The first-order valence-electron chi connectivity index (χ1n) is 4.29. The molecule has 6 nitrogen and oxygen atoms in total. The number of carbonyl (C=O) groups is 1. The molecule has 1 heterocycles. The van der Waals surface area contributed by atoms with Crippen LogP contribution in [0.2, 0.25) is 0 Å². The van der Waals surface area contributed by atoms with Gasteiger partial charge in [-0.1, -0.05) is 0 Å². The maximum absolute atomic E-state index is 11.0. The van der Waals surface area contributed by atoms with Gasteiger partial charge in [-0.25, -0.2) is 15.8 Å². The molecule has 0 aromatic carbocycles. The fraction of sp³-hybridized carbons (Fsp3) is 0.375. The molecule has 1 amide bonds. The summed E-state index contributed by atoms with van der Waals surface area (Å²) >= 11 is 0. The van der Waals surface area contributed by atoms with Gasteiger partial charge in [0.05, 0.1) is 12.4 Å². The highest BCUT2D eigenvalue weighted by molar-refractivity contribution is 5.91. The third kappa shape index (κ3) is 1.97. The van der Waals surface area contributed by atoms with Crippen LogP contribution in [0.1, 0.15) is 23.3 Å². The molecule has 3 N–H and O–H groups in total. The second-order valence-electron chi connectivity index (χ2n) is 3.03. The zero-order chi connectivity index (χ0) is 9.97. The summed E-state index contributed by atoms with van der Waals surface area (Å²) in [5.41, 5.74) is 2.15. The van der Waals surface area contributed by atoms with Crippen molar-refractivity contribution in [2.45, 2.75) is 18.9 Å². The van der Waals surface area contributed by atoms with Crippen LogP contribution in [0, 0.1) is 0 Å². The summed E-state index contributed by atoms with van der Waals surface area (Å²) < 4.78 is 5.36. The molecule has 0 saturated heterocycles. The van der Waals surface area contributed by atoms with E-state index in [1.807, 2.05) is 5.43 Å². The quantitative estimate of drug-likeness (QED) is 0.389.